The van der Waals surface area contributed by atoms with Crippen LogP contribution in [-0.4, -0.2) is 45.9 Å². The average Bonchev–Trinajstić information content (AvgIpc) is 2.67. The minimum absolute atomic E-state index is 0.334. The zero-order valence-corrected chi connectivity index (χ0v) is 17.7. The number of nitrogens with one attached hydrogen (secondary N) is 1. The number of hydrogen-bond acceptors (Lipinski definition) is 7. The number of carbonyl (C=O) groups excluding carboxylic acids is 2. The van der Waals surface area contributed by atoms with Crippen LogP contribution in [0.4, 0.5) is 5.69 Å². The Balaban J connectivity index is 2.00. The topological polar surface area (TPSA) is 114 Å². The van der Waals surface area contributed by atoms with E-state index in [1.54, 1.807) is 48.5 Å². The fourth-order valence-corrected chi connectivity index (χ4v) is 3.26. The molecule has 0 heterocycles. The predicted molar refractivity (Wildman–Crippen MR) is 113 cm³/mol. The number of hydrogen-bond donors (Lipinski definition) is 1. The first kappa shape index (κ1) is 22.9. The number of anilines is 1. The van der Waals surface area contributed by atoms with E-state index >= 15 is 0 Å². The molecule has 0 aliphatic heterocycles. The highest BCUT2D eigenvalue weighted by atomic mass is 32.2. The third kappa shape index (κ3) is 7.21. The molecule has 0 fully saturated rings. The summed E-state index contributed by atoms with van der Waals surface area (Å²) < 4.78 is 35.5. The Morgan fingerprint density at radius 3 is 2.20 bits per heavy atom. The number of nitrogens with zero attached hydrogens (tertiary/aromatic N) is 2. The Hall–Kier alpha value is -3.40. The van der Waals surface area contributed by atoms with Crippen LogP contribution in [0.15, 0.2) is 53.6 Å². The Morgan fingerprint density at radius 1 is 1.07 bits per heavy atom. The van der Waals surface area contributed by atoms with E-state index in [0.717, 1.165) is 10.6 Å². The lowest BCUT2D eigenvalue weighted by atomic mass is 10.2. The normalized spacial score (nSPS) is 11.2. The smallest absolute Gasteiger partial charge is 0.308 e. The highest BCUT2D eigenvalue weighted by molar-refractivity contribution is 7.92. The van der Waals surface area contributed by atoms with Crippen LogP contribution < -0.4 is 19.2 Å². The molecule has 0 aliphatic carbocycles. The molecule has 160 valence electrons. The third-order valence-corrected chi connectivity index (χ3v) is 4.81. The summed E-state index contributed by atoms with van der Waals surface area (Å²) in [4.78, 5) is 23.1. The van der Waals surface area contributed by atoms with Crippen molar-refractivity contribution in [1.82, 2.24) is 5.43 Å². The lowest BCUT2D eigenvalue weighted by Gasteiger charge is -2.21. The lowest BCUT2D eigenvalue weighted by molar-refractivity contribution is -0.131. The van der Waals surface area contributed by atoms with Crippen molar-refractivity contribution in [2.24, 2.45) is 5.10 Å². The number of hydrazone groups is 1. The highest BCUT2D eigenvalue weighted by Crippen LogP contribution is 2.21. The van der Waals surface area contributed by atoms with Crippen molar-refractivity contribution in [2.75, 3.05) is 23.7 Å². The fourth-order valence-electron chi connectivity index (χ4n) is 2.41. The van der Waals surface area contributed by atoms with Crippen molar-refractivity contribution in [1.29, 1.82) is 0 Å². The van der Waals surface area contributed by atoms with Gasteiger partial charge in [-0.25, -0.2) is 13.8 Å². The number of sulfonamides is 1. The fraction of sp³-hybridized carbons (Fsp3) is 0.250. The molecule has 2 rings (SSSR count). The molecular weight excluding hydrogens is 410 g/mol. The average molecular weight is 433 g/mol. The maximum absolute atomic E-state index is 12.2. The molecule has 2 aromatic carbocycles. The molecule has 0 spiro atoms. The largest absolute Gasteiger partial charge is 0.494 e. The van der Waals surface area contributed by atoms with Crippen LogP contribution in [0.1, 0.15) is 19.4 Å². The summed E-state index contributed by atoms with van der Waals surface area (Å²) in [7, 11) is -3.69. The Morgan fingerprint density at radius 2 is 1.67 bits per heavy atom. The molecule has 0 atom stereocenters. The van der Waals surface area contributed by atoms with E-state index in [1.165, 1.54) is 13.1 Å². The molecule has 0 saturated carbocycles. The van der Waals surface area contributed by atoms with E-state index < -0.39 is 28.4 Å². The van der Waals surface area contributed by atoms with Crippen LogP contribution in [0.3, 0.4) is 0 Å². The second-order valence-corrected chi connectivity index (χ2v) is 8.06. The van der Waals surface area contributed by atoms with Gasteiger partial charge in [-0.1, -0.05) is 0 Å². The van der Waals surface area contributed by atoms with Crippen molar-refractivity contribution < 1.29 is 27.5 Å². The van der Waals surface area contributed by atoms with E-state index in [9.17, 15) is 18.0 Å². The predicted octanol–water partition coefficient (Wildman–Crippen LogP) is 1.93. The summed E-state index contributed by atoms with van der Waals surface area (Å²) >= 11 is 0. The summed E-state index contributed by atoms with van der Waals surface area (Å²) in [6.07, 6.45) is 2.40. The minimum atomic E-state index is -3.69. The van der Waals surface area contributed by atoms with E-state index in [2.05, 4.69) is 10.5 Å². The van der Waals surface area contributed by atoms with Crippen LogP contribution in [-0.2, 0) is 19.6 Å². The van der Waals surface area contributed by atoms with Crippen molar-refractivity contribution in [3.8, 4) is 11.5 Å². The van der Waals surface area contributed by atoms with Crippen LogP contribution >= 0.6 is 0 Å². The Kier molecular flexibility index (Phi) is 7.93. The molecule has 1 N–H and O–H groups in total. The maximum Gasteiger partial charge on any atom is 0.308 e. The van der Waals surface area contributed by atoms with E-state index in [1.807, 2.05) is 6.92 Å². The quantitative estimate of drug-likeness (QED) is 0.280. The van der Waals surface area contributed by atoms with Gasteiger partial charge in [-0.3, -0.25) is 13.9 Å². The number of esters is 1. The summed E-state index contributed by atoms with van der Waals surface area (Å²) in [6, 6.07) is 12.9. The van der Waals surface area contributed by atoms with Crippen molar-refractivity contribution in [3.05, 3.63) is 54.1 Å². The van der Waals surface area contributed by atoms with Gasteiger partial charge in [0, 0.05) is 6.92 Å². The summed E-state index contributed by atoms with van der Waals surface area (Å²) in [6.45, 7) is 3.20. The zero-order valence-electron chi connectivity index (χ0n) is 16.9. The Bertz CT molecular complexity index is 1000. The van der Waals surface area contributed by atoms with Crippen molar-refractivity contribution in [3.63, 3.8) is 0 Å². The molecule has 0 radical (unpaired) electrons. The van der Waals surface area contributed by atoms with Crippen LogP contribution in [0.25, 0.3) is 0 Å². The molecule has 2 aromatic rings. The van der Waals surface area contributed by atoms with Gasteiger partial charge < -0.3 is 9.47 Å². The second kappa shape index (κ2) is 10.4. The number of carbonyl (C=O) groups is 2. The van der Waals surface area contributed by atoms with Crippen LogP contribution in [0, 0.1) is 0 Å². The minimum Gasteiger partial charge on any atom is -0.494 e. The van der Waals surface area contributed by atoms with Crippen molar-refractivity contribution in [2.45, 2.75) is 13.8 Å². The van der Waals surface area contributed by atoms with Gasteiger partial charge in [0.05, 0.1) is 24.8 Å². The molecule has 10 heteroatoms. The van der Waals surface area contributed by atoms with Crippen molar-refractivity contribution >= 4 is 33.8 Å². The first-order valence-corrected chi connectivity index (χ1v) is 10.8. The van der Waals surface area contributed by atoms with Gasteiger partial charge in [0.2, 0.25) is 10.0 Å². The molecule has 0 aliphatic rings. The molecule has 1 amide bonds. The van der Waals surface area contributed by atoms with E-state index in [-0.39, 0.29) is 0 Å². The van der Waals surface area contributed by atoms with Crippen LogP contribution in [0.2, 0.25) is 0 Å². The summed E-state index contributed by atoms with van der Waals surface area (Å²) in [5, 5.41) is 3.83. The van der Waals surface area contributed by atoms with Gasteiger partial charge in [-0.05, 0) is 61.0 Å². The second-order valence-electron chi connectivity index (χ2n) is 6.15. The molecule has 9 nitrogen and oxygen atoms in total. The highest BCUT2D eigenvalue weighted by Gasteiger charge is 2.20. The van der Waals surface area contributed by atoms with Gasteiger partial charge in [-0.15, -0.1) is 0 Å². The Labute approximate surface area is 175 Å². The third-order valence-electron chi connectivity index (χ3n) is 3.67. The van der Waals surface area contributed by atoms with Gasteiger partial charge in [-0.2, -0.15) is 5.10 Å². The molecule has 0 aromatic heterocycles. The molecule has 30 heavy (non-hydrogen) atoms. The number of benzene rings is 2. The van der Waals surface area contributed by atoms with E-state index in [4.69, 9.17) is 9.47 Å². The van der Waals surface area contributed by atoms with Crippen LogP contribution in [0.5, 0.6) is 11.5 Å². The SMILES string of the molecule is CCOc1ccc(N(CC(=O)N/N=C\c2ccc(OC(C)=O)cc2)S(C)(=O)=O)cc1. The molecular formula is C20H23N3O6S. The zero-order chi connectivity index (χ0) is 22.1. The van der Waals surface area contributed by atoms with Gasteiger partial charge in [0.25, 0.3) is 5.91 Å². The lowest BCUT2D eigenvalue weighted by Crippen LogP contribution is -2.39. The maximum atomic E-state index is 12.2. The number of rotatable bonds is 9. The number of ether oxygens (including phenoxy) is 2. The van der Waals surface area contributed by atoms with E-state index in [0.29, 0.717) is 29.4 Å². The van der Waals surface area contributed by atoms with Gasteiger partial charge in [0.15, 0.2) is 0 Å². The summed E-state index contributed by atoms with van der Waals surface area (Å²) in [5.41, 5.74) is 3.28. The van der Waals surface area contributed by atoms with Gasteiger partial charge in [0.1, 0.15) is 18.0 Å². The van der Waals surface area contributed by atoms with Gasteiger partial charge >= 0.3 is 5.97 Å². The summed E-state index contributed by atoms with van der Waals surface area (Å²) in [5.74, 6) is -0.0416. The standard InChI is InChI=1S/C20H23N3O6S/c1-4-28-18-11-7-17(8-12-18)23(30(3,26)27)14-20(25)22-21-13-16-5-9-19(10-6-16)29-15(2)24/h5-13H,4,14H2,1-3H3,(H,22,25)/b21-13-. The molecule has 0 bridgehead atoms. The first-order valence-electron chi connectivity index (χ1n) is 9.00. The first-order chi connectivity index (χ1) is 14.2. The monoisotopic (exact) mass is 433 g/mol. The molecule has 0 unspecified atom stereocenters. The number of amides is 1. The molecule has 0 saturated heterocycles.